The first-order chi connectivity index (χ1) is 6.83. The van der Waals surface area contributed by atoms with E-state index in [9.17, 15) is 0 Å². The number of thioether (sulfide) groups is 1. The van der Waals surface area contributed by atoms with Crippen LogP contribution in [0.3, 0.4) is 0 Å². The quantitative estimate of drug-likeness (QED) is 0.751. The van der Waals surface area contributed by atoms with E-state index in [2.05, 4.69) is 17.2 Å². The summed E-state index contributed by atoms with van der Waals surface area (Å²) in [7, 11) is 0. The molecule has 0 atom stereocenters. The summed E-state index contributed by atoms with van der Waals surface area (Å²) < 4.78 is 1.98. The molecule has 0 bridgehead atoms. The summed E-state index contributed by atoms with van der Waals surface area (Å²) in [6.45, 7) is 3.11. The van der Waals surface area contributed by atoms with Gasteiger partial charge >= 0.3 is 0 Å². The van der Waals surface area contributed by atoms with Crippen LogP contribution in [-0.4, -0.2) is 26.5 Å². The lowest BCUT2D eigenvalue weighted by Gasteiger charge is -2.04. The number of nitrogens with two attached hydrogens (primary N) is 1. The number of aromatic nitrogens is 3. The van der Waals surface area contributed by atoms with E-state index in [4.69, 9.17) is 5.73 Å². The molecular formula is C9H16N4S. The molecule has 1 aliphatic carbocycles. The maximum Gasteiger partial charge on any atom is 0.169 e. The van der Waals surface area contributed by atoms with Gasteiger partial charge in [-0.1, -0.05) is 12.1 Å². The van der Waals surface area contributed by atoms with Crippen molar-refractivity contribution in [3.63, 3.8) is 0 Å². The Labute approximate surface area is 88.2 Å². The largest absolute Gasteiger partial charge is 0.381 e. The van der Waals surface area contributed by atoms with Crippen molar-refractivity contribution in [1.29, 1.82) is 0 Å². The van der Waals surface area contributed by atoms with Gasteiger partial charge in [0.2, 0.25) is 0 Å². The standard InChI is InChI=1S/C9H16N4S/c1-2-14-6-5-13-8(7-3-4-7)9(10)11-12-13/h7H,2-6,10H2,1H3. The third-order valence-electron chi connectivity index (χ3n) is 2.42. The maximum atomic E-state index is 5.79. The molecule has 2 N–H and O–H groups in total. The van der Waals surface area contributed by atoms with Gasteiger partial charge in [0.15, 0.2) is 5.82 Å². The van der Waals surface area contributed by atoms with Gasteiger partial charge in [0.05, 0.1) is 12.2 Å². The van der Waals surface area contributed by atoms with Gasteiger partial charge in [0, 0.05) is 11.7 Å². The summed E-state index contributed by atoms with van der Waals surface area (Å²) in [6.07, 6.45) is 2.50. The first kappa shape index (κ1) is 9.83. The molecule has 2 rings (SSSR count). The SMILES string of the molecule is CCSCCn1nnc(N)c1C1CC1. The minimum Gasteiger partial charge on any atom is -0.381 e. The van der Waals surface area contributed by atoms with Crippen LogP contribution in [0.25, 0.3) is 0 Å². The normalized spacial score (nSPS) is 16.1. The van der Waals surface area contributed by atoms with E-state index in [0.29, 0.717) is 11.7 Å². The fourth-order valence-electron chi connectivity index (χ4n) is 1.57. The van der Waals surface area contributed by atoms with Gasteiger partial charge in [-0.25, -0.2) is 4.68 Å². The van der Waals surface area contributed by atoms with E-state index in [1.54, 1.807) is 0 Å². The number of nitrogen functional groups attached to an aromatic ring is 1. The van der Waals surface area contributed by atoms with Crippen molar-refractivity contribution < 1.29 is 0 Å². The minimum atomic E-state index is 0.633. The lowest BCUT2D eigenvalue weighted by Crippen LogP contribution is -2.07. The van der Waals surface area contributed by atoms with Crippen LogP contribution in [0.4, 0.5) is 5.82 Å². The molecule has 1 heterocycles. The highest BCUT2D eigenvalue weighted by Crippen LogP contribution is 2.41. The summed E-state index contributed by atoms with van der Waals surface area (Å²) in [5, 5.41) is 8.02. The third-order valence-corrected chi connectivity index (χ3v) is 3.30. The second-order valence-corrected chi connectivity index (χ2v) is 4.95. The number of rotatable bonds is 5. The van der Waals surface area contributed by atoms with Crippen LogP contribution in [-0.2, 0) is 6.54 Å². The second-order valence-electron chi connectivity index (χ2n) is 3.55. The molecule has 0 unspecified atom stereocenters. The predicted octanol–water partition coefficient (Wildman–Crippen LogP) is 1.49. The molecule has 4 nitrogen and oxygen atoms in total. The maximum absolute atomic E-state index is 5.79. The van der Waals surface area contributed by atoms with Crippen LogP contribution in [0, 0.1) is 0 Å². The predicted molar refractivity (Wildman–Crippen MR) is 59.4 cm³/mol. The van der Waals surface area contributed by atoms with Crippen molar-refractivity contribution in [2.45, 2.75) is 32.2 Å². The van der Waals surface area contributed by atoms with E-state index >= 15 is 0 Å². The molecule has 0 saturated heterocycles. The highest BCUT2D eigenvalue weighted by molar-refractivity contribution is 7.99. The Balaban J connectivity index is 2.01. The minimum absolute atomic E-state index is 0.633. The molecule has 0 radical (unpaired) electrons. The first-order valence-corrected chi connectivity index (χ1v) is 6.25. The average molecular weight is 212 g/mol. The summed E-state index contributed by atoms with van der Waals surface area (Å²) in [4.78, 5) is 0. The second kappa shape index (κ2) is 4.21. The highest BCUT2D eigenvalue weighted by Gasteiger charge is 2.30. The van der Waals surface area contributed by atoms with Gasteiger partial charge < -0.3 is 5.73 Å². The van der Waals surface area contributed by atoms with Crippen LogP contribution in [0.5, 0.6) is 0 Å². The highest BCUT2D eigenvalue weighted by atomic mass is 32.2. The Hall–Kier alpha value is -0.710. The van der Waals surface area contributed by atoms with Crippen molar-refractivity contribution in [2.75, 3.05) is 17.2 Å². The summed E-state index contributed by atoms with van der Waals surface area (Å²) in [6, 6.07) is 0. The summed E-state index contributed by atoms with van der Waals surface area (Å²) in [5.74, 6) is 3.52. The molecule has 14 heavy (non-hydrogen) atoms. The van der Waals surface area contributed by atoms with E-state index < -0.39 is 0 Å². The molecule has 0 aliphatic heterocycles. The molecule has 1 aliphatic rings. The zero-order chi connectivity index (χ0) is 9.97. The molecular weight excluding hydrogens is 196 g/mol. The summed E-state index contributed by atoms with van der Waals surface area (Å²) in [5.41, 5.74) is 6.95. The number of hydrogen-bond donors (Lipinski definition) is 1. The fourth-order valence-corrected chi connectivity index (χ4v) is 2.16. The first-order valence-electron chi connectivity index (χ1n) is 5.09. The Morgan fingerprint density at radius 2 is 2.36 bits per heavy atom. The van der Waals surface area contributed by atoms with Crippen molar-refractivity contribution in [2.24, 2.45) is 0 Å². The summed E-state index contributed by atoms with van der Waals surface area (Å²) >= 11 is 1.92. The smallest absolute Gasteiger partial charge is 0.169 e. The van der Waals surface area contributed by atoms with Crippen LogP contribution in [0.15, 0.2) is 0 Å². The van der Waals surface area contributed by atoms with Crippen LogP contribution in [0.2, 0.25) is 0 Å². The number of nitrogens with zero attached hydrogens (tertiary/aromatic N) is 3. The fraction of sp³-hybridized carbons (Fsp3) is 0.778. The van der Waals surface area contributed by atoms with Crippen LogP contribution < -0.4 is 5.73 Å². The Bertz CT molecular complexity index is 306. The molecule has 0 spiro atoms. The molecule has 78 valence electrons. The number of hydrogen-bond acceptors (Lipinski definition) is 4. The van der Waals surface area contributed by atoms with E-state index in [0.717, 1.165) is 18.1 Å². The van der Waals surface area contributed by atoms with Crippen molar-refractivity contribution in [1.82, 2.24) is 15.0 Å². The van der Waals surface area contributed by atoms with E-state index in [1.807, 2.05) is 16.4 Å². The van der Waals surface area contributed by atoms with Gasteiger partial charge in [0.1, 0.15) is 0 Å². The monoisotopic (exact) mass is 212 g/mol. The molecule has 1 aromatic heterocycles. The van der Waals surface area contributed by atoms with Gasteiger partial charge in [-0.15, -0.1) is 5.10 Å². The van der Waals surface area contributed by atoms with Crippen molar-refractivity contribution in [3.05, 3.63) is 5.69 Å². The van der Waals surface area contributed by atoms with Crippen molar-refractivity contribution >= 4 is 17.6 Å². The zero-order valence-corrected chi connectivity index (χ0v) is 9.26. The Morgan fingerprint density at radius 3 is 3.00 bits per heavy atom. The zero-order valence-electron chi connectivity index (χ0n) is 8.44. The molecule has 0 amide bonds. The third kappa shape index (κ3) is 2.03. The molecule has 1 fully saturated rings. The topological polar surface area (TPSA) is 56.7 Å². The van der Waals surface area contributed by atoms with Crippen molar-refractivity contribution in [3.8, 4) is 0 Å². The van der Waals surface area contributed by atoms with Crippen LogP contribution in [0.1, 0.15) is 31.4 Å². The Kier molecular flexibility index (Phi) is 2.96. The number of aryl methyl sites for hydroxylation is 1. The van der Waals surface area contributed by atoms with Gasteiger partial charge in [0.25, 0.3) is 0 Å². The molecule has 0 aromatic carbocycles. The van der Waals surface area contributed by atoms with Gasteiger partial charge in [-0.3, -0.25) is 0 Å². The average Bonchev–Trinajstić information content (AvgIpc) is 2.93. The van der Waals surface area contributed by atoms with E-state index in [1.165, 1.54) is 18.5 Å². The molecule has 5 heteroatoms. The lowest BCUT2D eigenvalue weighted by atomic mass is 10.3. The molecule has 1 saturated carbocycles. The lowest BCUT2D eigenvalue weighted by molar-refractivity contribution is 0.604. The molecule has 1 aromatic rings. The number of anilines is 1. The van der Waals surface area contributed by atoms with Gasteiger partial charge in [-0.05, 0) is 18.6 Å². The Morgan fingerprint density at radius 1 is 1.57 bits per heavy atom. The van der Waals surface area contributed by atoms with Gasteiger partial charge in [-0.2, -0.15) is 11.8 Å². The van der Waals surface area contributed by atoms with E-state index in [-0.39, 0.29) is 0 Å². The van der Waals surface area contributed by atoms with Crippen LogP contribution >= 0.6 is 11.8 Å².